The summed E-state index contributed by atoms with van der Waals surface area (Å²) in [5.41, 5.74) is 0. The van der Waals surface area contributed by atoms with Crippen LogP contribution < -0.4 is 5.32 Å². The molecule has 0 amide bonds. The number of aromatic carboxylic acids is 1. The van der Waals surface area contributed by atoms with E-state index in [1.54, 1.807) is 0 Å². The van der Waals surface area contributed by atoms with E-state index in [1.165, 1.54) is 0 Å². The van der Waals surface area contributed by atoms with Crippen molar-refractivity contribution in [3.63, 3.8) is 0 Å². The number of carboxylic acids is 1. The first-order valence-corrected chi connectivity index (χ1v) is 4.07. The predicted molar refractivity (Wildman–Crippen MR) is 41.2 cm³/mol. The fourth-order valence-corrected chi connectivity index (χ4v) is 1.36. The Bertz CT molecular complexity index is 317. The average molecular weight is 183 g/mol. The van der Waals surface area contributed by atoms with E-state index in [-0.39, 0.29) is 11.9 Å². The number of nitrogens with one attached hydrogen (secondary N) is 1. The van der Waals surface area contributed by atoms with Crippen LogP contribution in [-0.4, -0.2) is 27.8 Å². The standard InChI is InChI=1S/C7H9N3O3/c11-7(12)5-9-6(13-10-5)4-2-1-3-8-4/h4,8H,1-3H2,(H,11,12). The van der Waals surface area contributed by atoms with Crippen molar-refractivity contribution in [2.45, 2.75) is 18.9 Å². The minimum absolute atomic E-state index is 0.0283. The molecule has 0 radical (unpaired) electrons. The predicted octanol–water partition coefficient (Wildman–Crippen LogP) is 0.192. The third-order valence-corrected chi connectivity index (χ3v) is 1.99. The number of carboxylic acid groups (broad SMARTS) is 1. The summed E-state index contributed by atoms with van der Waals surface area (Å²) in [5.74, 6) is -1.06. The van der Waals surface area contributed by atoms with Crippen LogP contribution in [0.25, 0.3) is 0 Å². The van der Waals surface area contributed by atoms with Crippen molar-refractivity contribution in [2.75, 3.05) is 6.54 Å². The zero-order valence-corrected chi connectivity index (χ0v) is 6.86. The lowest BCUT2D eigenvalue weighted by molar-refractivity contribution is 0.0680. The van der Waals surface area contributed by atoms with Crippen LogP contribution in [0.4, 0.5) is 0 Å². The largest absolute Gasteiger partial charge is 0.475 e. The van der Waals surface area contributed by atoms with E-state index >= 15 is 0 Å². The Morgan fingerprint density at radius 1 is 1.69 bits per heavy atom. The molecule has 0 saturated carbocycles. The van der Waals surface area contributed by atoms with Crippen LogP contribution in [0.1, 0.15) is 35.4 Å². The molecule has 0 spiro atoms. The minimum atomic E-state index is -1.16. The van der Waals surface area contributed by atoms with E-state index in [1.807, 2.05) is 0 Å². The number of hydrogen-bond donors (Lipinski definition) is 2. The summed E-state index contributed by atoms with van der Waals surface area (Å²) >= 11 is 0. The van der Waals surface area contributed by atoms with Gasteiger partial charge in [-0.15, -0.1) is 0 Å². The molecule has 6 heteroatoms. The lowest BCUT2D eigenvalue weighted by atomic mass is 10.2. The SMILES string of the molecule is O=C(O)c1noc(C2CCCN2)n1. The van der Waals surface area contributed by atoms with Crippen molar-refractivity contribution in [3.8, 4) is 0 Å². The van der Waals surface area contributed by atoms with Crippen LogP contribution in [-0.2, 0) is 0 Å². The van der Waals surface area contributed by atoms with Gasteiger partial charge in [-0.1, -0.05) is 0 Å². The van der Waals surface area contributed by atoms with Crippen molar-refractivity contribution < 1.29 is 14.4 Å². The molecule has 1 atom stereocenters. The monoisotopic (exact) mass is 183 g/mol. The van der Waals surface area contributed by atoms with Gasteiger partial charge in [0.2, 0.25) is 5.89 Å². The lowest BCUT2D eigenvalue weighted by Crippen LogP contribution is -2.13. The number of hydrogen-bond acceptors (Lipinski definition) is 5. The fourth-order valence-electron chi connectivity index (χ4n) is 1.36. The minimum Gasteiger partial charge on any atom is -0.475 e. The molecule has 0 bridgehead atoms. The number of rotatable bonds is 2. The van der Waals surface area contributed by atoms with Crippen LogP contribution in [0.3, 0.4) is 0 Å². The first-order chi connectivity index (χ1) is 6.27. The van der Waals surface area contributed by atoms with E-state index in [9.17, 15) is 4.79 Å². The molecule has 1 aliphatic rings. The molecule has 1 aromatic rings. The second kappa shape index (κ2) is 3.14. The maximum atomic E-state index is 10.4. The molecule has 0 aromatic carbocycles. The Kier molecular flexibility index (Phi) is 1.97. The zero-order valence-electron chi connectivity index (χ0n) is 6.86. The summed E-state index contributed by atoms with van der Waals surface area (Å²) in [4.78, 5) is 14.2. The third kappa shape index (κ3) is 1.52. The van der Waals surface area contributed by atoms with Crippen molar-refractivity contribution in [1.29, 1.82) is 0 Å². The molecule has 1 aliphatic heterocycles. The molecular formula is C7H9N3O3. The Balaban J connectivity index is 2.16. The quantitative estimate of drug-likeness (QED) is 0.680. The zero-order chi connectivity index (χ0) is 9.26. The molecule has 2 rings (SSSR count). The number of nitrogens with zero attached hydrogens (tertiary/aromatic N) is 2. The maximum Gasteiger partial charge on any atom is 0.377 e. The normalized spacial score (nSPS) is 22.0. The van der Waals surface area contributed by atoms with Gasteiger partial charge in [0.15, 0.2) is 0 Å². The summed E-state index contributed by atoms with van der Waals surface area (Å²) in [6, 6.07) is 0.0283. The van der Waals surface area contributed by atoms with Gasteiger partial charge in [-0.25, -0.2) is 4.79 Å². The Morgan fingerprint density at radius 2 is 2.54 bits per heavy atom. The first-order valence-electron chi connectivity index (χ1n) is 4.07. The van der Waals surface area contributed by atoms with Crippen LogP contribution >= 0.6 is 0 Å². The molecule has 1 fully saturated rings. The van der Waals surface area contributed by atoms with Gasteiger partial charge in [-0.2, -0.15) is 4.98 Å². The fraction of sp³-hybridized carbons (Fsp3) is 0.571. The summed E-state index contributed by atoms with van der Waals surface area (Å²) < 4.78 is 4.81. The number of aromatic nitrogens is 2. The van der Waals surface area contributed by atoms with Gasteiger partial charge in [0.25, 0.3) is 5.82 Å². The van der Waals surface area contributed by atoms with Gasteiger partial charge in [-0.05, 0) is 24.5 Å². The highest BCUT2D eigenvalue weighted by atomic mass is 16.5. The molecule has 2 N–H and O–H groups in total. The van der Waals surface area contributed by atoms with E-state index in [0.717, 1.165) is 19.4 Å². The molecule has 1 saturated heterocycles. The molecule has 70 valence electrons. The average Bonchev–Trinajstić information content (AvgIpc) is 2.75. The van der Waals surface area contributed by atoms with E-state index < -0.39 is 5.97 Å². The van der Waals surface area contributed by atoms with Crippen LogP contribution in [0.15, 0.2) is 4.52 Å². The molecule has 1 aromatic heterocycles. The van der Waals surface area contributed by atoms with Crippen LogP contribution in [0.5, 0.6) is 0 Å². The second-order valence-corrected chi connectivity index (χ2v) is 2.91. The van der Waals surface area contributed by atoms with E-state index in [0.29, 0.717) is 5.89 Å². The smallest absolute Gasteiger partial charge is 0.377 e. The van der Waals surface area contributed by atoms with Crippen molar-refractivity contribution in [3.05, 3.63) is 11.7 Å². The highest BCUT2D eigenvalue weighted by Crippen LogP contribution is 2.20. The summed E-state index contributed by atoms with van der Waals surface area (Å²) in [5, 5.41) is 15.0. The van der Waals surface area contributed by atoms with Gasteiger partial charge in [0.1, 0.15) is 0 Å². The molecule has 6 nitrogen and oxygen atoms in total. The van der Waals surface area contributed by atoms with Crippen LogP contribution in [0, 0.1) is 0 Å². The molecule has 1 unspecified atom stereocenters. The summed E-state index contributed by atoms with van der Waals surface area (Å²) in [7, 11) is 0. The lowest BCUT2D eigenvalue weighted by Gasteiger charge is -2.00. The molecule has 2 heterocycles. The van der Waals surface area contributed by atoms with Gasteiger partial charge in [-0.3, -0.25) is 0 Å². The van der Waals surface area contributed by atoms with E-state index in [2.05, 4.69) is 15.5 Å². The third-order valence-electron chi connectivity index (χ3n) is 1.99. The van der Waals surface area contributed by atoms with Gasteiger partial charge < -0.3 is 14.9 Å². The van der Waals surface area contributed by atoms with Gasteiger partial charge in [0.05, 0.1) is 6.04 Å². The van der Waals surface area contributed by atoms with E-state index in [4.69, 9.17) is 9.63 Å². The van der Waals surface area contributed by atoms with Gasteiger partial charge in [0, 0.05) is 0 Å². The van der Waals surface area contributed by atoms with Gasteiger partial charge >= 0.3 is 5.97 Å². The summed E-state index contributed by atoms with van der Waals surface area (Å²) in [6.07, 6.45) is 1.97. The molecular weight excluding hydrogens is 174 g/mol. The van der Waals surface area contributed by atoms with Crippen LogP contribution in [0.2, 0.25) is 0 Å². The second-order valence-electron chi connectivity index (χ2n) is 2.91. The number of carbonyl (C=O) groups is 1. The van der Waals surface area contributed by atoms with Crippen molar-refractivity contribution in [2.24, 2.45) is 0 Å². The van der Waals surface area contributed by atoms with Crippen molar-refractivity contribution >= 4 is 5.97 Å². The Labute approximate surface area is 73.9 Å². The summed E-state index contributed by atoms with van der Waals surface area (Å²) in [6.45, 7) is 0.912. The highest BCUT2D eigenvalue weighted by molar-refractivity contribution is 5.82. The molecule has 0 aliphatic carbocycles. The Morgan fingerprint density at radius 3 is 3.08 bits per heavy atom. The first kappa shape index (κ1) is 8.18. The highest BCUT2D eigenvalue weighted by Gasteiger charge is 2.23. The Hall–Kier alpha value is -1.43. The molecule has 13 heavy (non-hydrogen) atoms. The maximum absolute atomic E-state index is 10.4. The topological polar surface area (TPSA) is 88.2 Å². The van der Waals surface area contributed by atoms with Crippen molar-refractivity contribution in [1.82, 2.24) is 15.5 Å².